The van der Waals surface area contributed by atoms with Gasteiger partial charge >= 0.3 is 5.97 Å². The zero-order chi connectivity index (χ0) is 13.5. The van der Waals surface area contributed by atoms with Crippen LogP contribution < -0.4 is 5.32 Å². The zero-order valence-electron chi connectivity index (χ0n) is 10.6. The molecule has 0 aromatic heterocycles. The van der Waals surface area contributed by atoms with Crippen LogP contribution in [0.15, 0.2) is 24.3 Å². The lowest BCUT2D eigenvalue weighted by Crippen LogP contribution is -2.32. The number of nitrogens with zero attached hydrogens (tertiary/aromatic N) is 1. The fourth-order valence-electron chi connectivity index (χ4n) is 1.42. The van der Waals surface area contributed by atoms with E-state index < -0.39 is 5.97 Å². The van der Waals surface area contributed by atoms with Crippen molar-refractivity contribution >= 4 is 11.9 Å². The van der Waals surface area contributed by atoms with Gasteiger partial charge in [-0.1, -0.05) is 24.3 Å². The Morgan fingerprint density at radius 2 is 1.72 bits per heavy atom. The quantitative estimate of drug-likeness (QED) is 0.771. The minimum atomic E-state index is -0.836. The van der Waals surface area contributed by atoms with Crippen molar-refractivity contribution < 1.29 is 14.7 Å². The molecule has 1 aromatic rings. The highest BCUT2D eigenvalue weighted by atomic mass is 16.4. The third kappa shape index (κ3) is 4.97. The third-order valence-corrected chi connectivity index (χ3v) is 2.48. The second kappa shape index (κ2) is 6.76. The molecule has 0 radical (unpaired) electrons. The van der Waals surface area contributed by atoms with Crippen molar-refractivity contribution in [3.05, 3.63) is 35.4 Å². The molecule has 0 spiro atoms. The minimum Gasteiger partial charge on any atom is -0.481 e. The van der Waals surface area contributed by atoms with Crippen molar-refractivity contribution in [3.63, 3.8) is 0 Å². The molecule has 0 saturated heterocycles. The molecule has 0 heterocycles. The van der Waals surface area contributed by atoms with Crippen LogP contribution in [-0.2, 0) is 22.6 Å². The first-order valence-electron chi connectivity index (χ1n) is 5.69. The first-order chi connectivity index (χ1) is 8.49. The molecule has 5 nitrogen and oxygen atoms in total. The number of carboxylic acid groups (broad SMARTS) is 1. The zero-order valence-corrected chi connectivity index (χ0v) is 10.6. The highest BCUT2D eigenvalue weighted by Gasteiger charge is 2.03. The predicted molar refractivity (Wildman–Crippen MR) is 68.2 cm³/mol. The number of carboxylic acids is 1. The number of amides is 1. The lowest BCUT2D eigenvalue weighted by Gasteiger charge is -2.11. The number of aliphatic carboxylic acids is 1. The fourth-order valence-corrected chi connectivity index (χ4v) is 1.42. The van der Waals surface area contributed by atoms with E-state index in [1.54, 1.807) is 26.2 Å². The van der Waals surface area contributed by atoms with Crippen LogP contribution in [0.4, 0.5) is 0 Å². The molecule has 0 saturated carbocycles. The number of hydrogen-bond donors (Lipinski definition) is 2. The number of nitrogens with one attached hydrogen (secondary N) is 1. The molecule has 0 aliphatic heterocycles. The smallest absolute Gasteiger partial charge is 0.307 e. The van der Waals surface area contributed by atoms with E-state index in [1.807, 2.05) is 12.1 Å². The Labute approximate surface area is 106 Å². The molecule has 0 aliphatic carbocycles. The largest absolute Gasteiger partial charge is 0.481 e. The fraction of sp³-hybridized carbons (Fsp3) is 0.385. The van der Waals surface area contributed by atoms with E-state index in [2.05, 4.69) is 5.32 Å². The Bertz CT molecular complexity index is 413. The molecule has 1 rings (SSSR count). The second-order valence-corrected chi connectivity index (χ2v) is 4.28. The van der Waals surface area contributed by atoms with Crippen LogP contribution in [0.25, 0.3) is 0 Å². The number of hydrogen-bond acceptors (Lipinski definition) is 3. The van der Waals surface area contributed by atoms with Crippen LogP contribution in [0.3, 0.4) is 0 Å². The average molecular weight is 250 g/mol. The van der Waals surface area contributed by atoms with Gasteiger partial charge in [0.05, 0.1) is 13.0 Å². The van der Waals surface area contributed by atoms with Crippen LogP contribution in [0.5, 0.6) is 0 Å². The summed E-state index contributed by atoms with van der Waals surface area (Å²) < 4.78 is 0. The van der Waals surface area contributed by atoms with Crippen molar-refractivity contribution in [3.8, 4) is 0 Å². The molecule has 0 bridgehead atoms. The number of carbonyl (C=O) groups is 2. The maximum atomic E-state index is 11.3. The molecule has 0 fully saturated rings. The molecule has 0 aliphatic rings. The van der Waals surface area contributed by atoms with Crippen LogP contribution in [0.1, 0.15) is 11.1 Å². The molecule has 1 aromatic carbocycles. The summed E-state index contributed by atoms with van der Waals surface area (Å²) in [5, 5.41) is 11.7. The van der Waals surface area contributed by atoms with Crippen LogP contribution in [0.2, 0.25) is 0 Å². The number of likely N-dealkylation sites (N-methyl/N-ethyl adjacent to an activating group) is 1. The van der Waals surface area contributed by atoms with Crippen molar-refractivity contribution in [1.82, 2.24) is 10.2 Å². The van der Waals surface area contributed by atoms with E-state index in [9.17, 15) is 9.59 Å². The summed E-state index contributed by atoms with van der Waals surface area (Å²) in [6, 6.07) is 7.31. The van der Waals surface area contributed by atoms with Gasteiger partial charge in [0.2, 0.25) is 5.91 Å². The van der Waals surface area contributed by atoms with Gasteiger partial charge in [-0.15, -0.1) is 0 Å². The Morgan fingerprint density at radius 1 is 1.17 bits per heavy atom. The molecule has 1 amide bonds. The Morgan fingerprint density at radius 3 is 2.22 bits per heavy atom. The lowest BCUT2D eigenvalue weighted by atomic mass is 10.1. The second-order valence-electron chi connectivity index (χ2n) is 4.28. The van der Waals surface area contributed by atoms with E-state index >= 15 is 0 Å². The highest BCUT2D eigenvalue weighted by molar-refractivity contribution is 5.77. The maximum absolute atomic E-state index is 11.3. The van der Waals surface area contributed by atoms with Crippen LogP contribution in [0, 0.1) is 0 Å². The van der Waals surface area contributed by atoms with Crippen molar-refractivity contribution in [2.75, 3.05) is 20.6 Å². The molecule has 5 heteroatoms. The van der Waals surface area contributed by atoms with Gasteiger partial charge in [-0.25, -0.2) is 0 Å². The number of rotatable bonds is 6. The van der Waals surface area contributed by atoms with E-state index in [0.29, 0.717) is 13.1 Å². The van der Waals surface area contributed by atoms with Crippen LogP contribution >= 0.6 is 0 Å². The summed E-state index contributed by atoms with van der Waals surface area (Å²) in [6.45, 7) is 0.886. The summed E-state index contributed by atoms with van der Waals surface area (Å²) in [5.74, 6) is -0.810. The van der Waals surface area contributed by atoms with Gasteiger partial charge in [-0.3, -0.25) is 9.59 Å². The Hall–Kier alpha value is -1.88. The van der Waals surface area contributed by atoms with Gasteiger partial charge in [-0.2, -0.15) is 0 Å². The first kappa shape index (κ1) is 14.2. The van der Waals surface area contributed by atoms with Crippen LogP contribution in [-0.4, -0.2) is 42.5 Å². The topological polar surface area (TPSA) is 69.6 Å². The van der Waals surface area contributed by atoms with E-state index in [0.717, 1.165) is 11.1 Å². The lowest BCUT2D eigenvalue weighted by molar-refractivity contribution is -0.136. The van der Waals surface area contributed by atoms with Crippen molar-refractivity contribution in [2.45, 2.75) is 13.0 Å². The van der Waals surface area contributed by atoms with Gasteiger partial charge in [0.25, 0.3) is 0 Å². The van der Waals surface area contributed by atoms with Crippen molar-refractivity contribution in [2.24, 2.45) is 0 Å². The van der Waals surface area contributed by atoms with E-state index in [4.69, 9.17) is 5.11 Å². The molecular formula is C13H18N2O3. The number of carbonyl (C=O) groups excluding carboxylic acids is 1. The standard InChI is InChI=1S/C13H18N2O3/c1-15(2)12(16)9-14-8-11-5-3-10(4-6-11)7-13(17)18/h3-6,14H,7-9H2,1-2H3,(H,17,18). The molecular weight excluding hydrogens is 232 g/mol. The molecule has 0 unspecified atom stereocenters. The summed E-state index contributed by atoms with van der Waals surface area (Å²) in [6.07, 6.45) is 0.0345. The summed E-state index contributed by atoms with van der Waals surface area (Å²) >= 11 is 0. The minimum absolute atomic E-state index is 0.0255. The predicted octanol–water partition coefficient (Wildman–Crippen LogP) is 0.491. The van der Waals surface area contributed by atoms with Gasteiger partial charge in [0.1, 0.15) is 0 Å². The molecule has 18 heavy (non-hydrogen) atoms. The third-order valence-electron chi connectivity index (χ3n) is 2.48. The first-order valence-corrected chi connectivity index (χ1v) is 5.69. The number of benzene rings is 1. The highest BCUT2D eigenvalue weighted by Crippen LogP contribution is 2.05. The normalized spacial score (nSPS) is 10.1. The van der Waals surface area contributed by atoms with Crippen molar-refractivity contribution in [1.29, 1.82) is 0 Å². The molecule has 98 valence electrons. The Kier molecular flexibility index (Phi) is 5.32. The summed E-state index contributed by atoms with van der Waals surface area (Å²) in [5.41, 5.74) is 1.80. The van der Waals surface area contributed by atoms with Gasteiger partial charge in [0, 0.05) is 20.6 Å². The monoisotopic (exact) mass is 250 g/mol. The molecule has 2 N–H and O–H groups in total. The molecule has 0 atom stereocenters. The average Bonchev–Trinajstić information content (AvgIpc) is 2.30. The van der Waals surface area contributed by atoms with Gasteiger partial charge in [0.15, 0.2) is 0 Å². The SMILES string of the molecule is CN(C)C(=O)CNCc1ccc(CC(=O)O)cc1. The van der Waals surface area contributed by atoms with Gasteiger partial charge < -0.3 is 15.3 Å². The van der Waals surface area contributed by atoms with E-state index in [1.165, 1.54) is 4.90 Å². The summed E-state index contributed by atoms with van der Waals surface area (Å²) in [4.78, 5) is 23.3. The van der Waals surface area contributed by atoms with Gasteiger partial charge in [-0.05, 0) is 11.1 Å². The Balaban J connectivity index is 2.39. The maximum Gasteiger partial charge on any atom is 0.307 e. The summed E-state index contributed by atoms with van der Waals surface area (Å²) in [7, 11) is 3.43. The van der Waals surface area contributed by atoms with E-state index in [-0.39, 0.29) is 12.3 Å².